The number of carbonyl (C=O) groups excluding carboxylic acids is 1. The maximum Gasteiger partial charge on any atom is 0.254 e. The van der Waals surface area contributed by atoms with E-state index in [4.69, 9.17) is 4.98 Å². The second kappa shape index (κ2) is 9.56. The molecule has 164 valence electrons. The van der Waals surface area contributed by atoms with Gasteiger partial charge in [-0.1, -0.05) is 48.0 Å². The minimum atomic E-state index is 0. The first kappa shape index (κ1) is 23.5. The molecule has 4 nitrogen and oxygen atoms in total. The molecule has 3 heterocycles. The molecule has 6 heteroatoms. The van der Waals surface area contributed by atoms with Crippen LogP contribution in [0.3, 0.4) is 0 Å². The van der Waals surface area contributed by atoms with E-state index in [1.807, 2.05) is 35.2 Å². The van der Waals surface area contributed by atoms with Gasteiger partial charge in [-0.25, -0.2) is 4.98 Å². The zero-order valence-electron chi connectivity index (χ0n) is 17.8. The predicted molar refractivity (Wildman–Crippen MR) is 131 cm³/mol. The van der Waals surface area contributed by atoms with E-state index in [0.29, 0.717) is 5.41 Å². The number of benzene rings is 2. The van der Waals surface area contributed by atoms with Gasteiger partial charge in [0.15, 0.2) is 0 Å². The van der Waals surface area contributed by atoms with Crippen LogP contribution in [0.2, 0.25) is 0 Å². The van der Waals surface area contributed by atoms with Gasteiger partial charge in [0.2, 0.25) is 0 Å². The molecular formula is C25H29Cl2N3O. The van der Waals surface area contributed by atoms with E-state index in [9.17, 15) is 4.79 Å². The lowest BCUT2D eigenvalue weighted by molar-refractivity contribution is 0.0609. The van der Waals surface area contributed by atoms with Gasteiger partial charge in [-0.15, -0.1) is 24.8 Å². The average Bonchev–Trinajstić information content (AvgIpc) is 3.21. The summed E-state index contributed by atoms with van der Waals surface area (Å²) in [6.07, 6.45) is 3.43. The molecule has 1 aromatic heterocycles. The fourth-order valence-electron chi connectivity index (χ4n) is 4.80. The third kappa shape index (κ3) is 4.57. The topological polar surface area (TPSA) is 45.2 Å². The number of halogens is 2. The summed E-state index contributed by atoms with van der Waals surface area (Å²) in [6, 6.07) is 18.3. The van der Waals surface area contributed by atoms with E-state index in [-0.39, 0.29) is 30.7 Å². The average molecular weight is 458 g/mol. The number of likely N-dealkylation sites (tertiary alicyclic amines) is 1. The van der Waals surface area contributed by atoms with Gasteiger partial charge in [0.05, 0.1) is 16.8 Å². The monoisotopic (exact) mass is 457 g/mol. The minimum Gasteiger partial charge on any atom is -0.339 e. The number of nitrogens with one attached hydrogen (secondary N) is 1. The van der Waals surface area contributed by atoms with Crippen LogP contribution < -0.4 is 5.32 Å². The van der Waals surface area contributed by atoms with Crippen molar-refractivity contribution in [2.75, 3.05) is 26.2 Å². The summed E-state index contributed by atoms with van der Waals surface area (Å²) in [5.41, 5.74) is 5.18. The van der Waals surface area contributed by atoms with Crippen LogP contribution in [0.5, 0.6) is 0 Å². The van der Waals surface area contributed by atoms with Gasteiger partial charge in [0.25, 0.3) is 5.91 Å². The van der Waals surface area contributed by atoms with Crippen molar-refractivity contribution in [2.24, 2.45) is 5.41 Å². The van der Waals surface area contributed by atoms with Gasteiger partial charge >= 0.3 is 0 Å². The van der Waals surface area contributed by atoms with E-state index >= 15 is 0 Å². The fourth-order valence-corrected chi connectivity index (χ4v) is 4.80. The number of piperidine rings is 1. The van der Waals surface area contributed by atoms with E-state index in [2.05, 4.69) is 36.5 Å². The SMILES string of the molecule is Cc1ccc(-c2cc(C(=O)N3CCC4(CCNC4)CC3)c3ccccc3n2)cc1.Cl.Cl. The molecule has 1 spiro atoms. The van der Waals surface area contributed by atoms with Crippen molar-refractivity contribution in [1.29, 1.82) is 0 Å². The molecule has 1 N–H and O–H groups in total. The summed E-state index contributed by atoms with van der Waals surface area (Å²) in [7, 11) is 0. The third-order valence-corrected chi connectivity index (χ3v) is 6.74. The van der Waals surface area contributed by atoms with Crippen LogP contribution in [-0.4, -0.2) is 42.0 Å². The number of nitrogens with zero attached hydrogens (tertiary/aromatic N) is 2. The number of rotatable bonds is 2. The maximum atomic E-state index is 13.5. The second-order valence-corrected chi connectivity index (χ2v) is 8.66. The molecule has 2 aromatic carbocycles. The standard InChI is InChI=1S/C25H27N3O.2ClH/c1-18-6-8-19(9-7-18)23-16-21(20-4-2-3-5-22(20)27-23)24(29)28-14-11-25(12-15-28)10-13-26-17-25;;/h2-9,16,26H,10-15,17H2,1H3;2*1H. The summed E-state index contributed by atoms with van der Waals surface area (Å²) < 4.78 is 0. The van der Waals surface area contributed by atoms with Crippen LogP contribution in [0.15, 0.2) is 54.6 Å². The number of para-hydroxylation sites is 1. The van der Waals surface area contributed by atoms with Crippen molar-refractivity contribution in [3.63, 3.8) is 0 Å². The molecule has 0 atom stereocenters. The lowest BCUT2D eigenvalue weighted by Gasteiger charge is -2.39. The Hall–Kier alpha value is -2.14. The number of amides is 1. The molecule has 2 fully saturated rings. The zero-order valence-corrected chi connectivity index (χ0v) is 19.4. The quantitative estimate of drug-likeness (QED) is 0.569. The third-order valence-electron chi connectivity index (χ3n) is 6.74. The molecule has 2 saturated heterocycles. The van der Waals surface area contributed by atoms with Crippen LogP contribution in [0.1, 0.15) is 35.2 Å². The predicted octanol–water partition coefficient (Wildman–Crippen LogP) is 5.27. The summed E-state index contributed by atoms with van der Waals surface area (Å²) in [5, 5.41) is 4.44. The van der Waals surface area contributed by atoms with Crippen molar-refractivity contribution in [3.8, 4) is 11.3 Å². The number of aromatic nitrogens is 1. The Labute approximate surface area is 196 Å². The number of pyridine rings is 1. The molecule has 31 heavy (non-hydrogen) atoms. The van der Waals surface area contributed by atoms with Crippen molar-refractivity contribution >= 4 is 41.6 Å². The van der Waals surface area contributed by atoms with Gasteiger partial charge in [-0.05, 0) is 50.3 Å². The van der Waals surface area contributed by atoms with E-state index < -0.39 is 0 Å². The number of aryl methyl sites for hydroxylation is 1. The Kier molecular flexibility index (Phi) is 7.25. The Bertz CT molecular complexity index is 1050. The first-order valence-corrected chi connectivity index (χ1v) is 10.6. The zero-order chi connectivity index (χ0) is 19.8. The molecule has 0 radical (unpaired) electrons. The van der Waals surface area contributed by atoms with Gasteiger partial charge in [0.1, 0.15) is 0 Å². The highest BCUT2D eigenvalue weighted by atomic mass is 35.5. The lowest BCUT2D eigenvalue weighted by Crippen LogP contribution is -2.44. The minimum absolute atomic E-state index is 0. The fraction of sp³-hybridized carbons (Fsp3) is 0.360. The van der Waals surface area contributed by atoms with Gasteiger partial charge in [0, 0.05) is 30.6 Å². The largest absolute Gasteiger partial charge is 0.339 e. The van der Waals surface area contributed by atoms with Crippen molar-refractivity contribution in [2.45, 2.75) is 26.2 Å². The Morgan fingerprint density at radius 2 is 1.71 bits per heavy atom. The van der Waals surface area contributed by atoms with Crippen LogP contribution in [0.25, 0.3) is 22.2 Å². The summed E-state index contributed by atoms with van der Waals surface area (Å²) in [4.78, 5) is 20.4. The highest BCUT2D eigenvalue weighted by Crippen LogP contribution is 2.37. The normalized spacial score (nSPS) is 17.3. The summed E-state index contributed by atoms with van der Waals surface area (Å²) >= 11 is 0. The van der Waals surface area contributed by atoms with Crippen molar-refractivity contribution in [3.05, 3.63) is 65.7 Å². The Balaban J connectivity index is 0.00000136. The van der Waals surface area contributed by atoms with Crippen LogP contribution in [-0.2, 0) is 0 Å². The molecule has 2 aliphatic rings. The Morgan fingerprint density at radius 3 is 2.39 bits per heavy atom. The van der Waals surface area contributed by atoms with Gasteiger partial charge in [-0.3, -0.25) is 4.79 Å². The summed E-state index contributed by atoms with van der Waals surface area (Å²) in [5.74, 6) is 0.137. The number of hydrogen-bond donors (Lipinski definition) is 1. The van der Waals surface area contributed by atoms with E-state index in [0.717, 1.165) is 66.7 Å². The Morgan fingerprint density at radius 1 is 1.00 bits per heavy atom. The molecule has 0 unspecified atom stereocenters. The first-order valence-electron chi connectivity index (χ1n) is 10.6. The highest BCUT2D eigenvalue weighted by Gasteiger charge is 2.38. The molecule has 0 aliphatic carbocycles. The second-order valence-electron chi connectivity index (χ2n) is 8.66. The smallest absolute Gasteiger partial charge is 0.254 e. The van der Waals surface area contributed by atoms with Gasteiger partial charge < -0.3 is 10.2 Å². The summed E-state index contributed by atoms with van der Waals surface area (Å²) in [6.45, 7) is 5.98. The number of carbonyl (C=O) groups is 1. The molecule has 5 rings (SSSR count). The van der Waals surface area contributed by atoms with Crippen molar-refractivity contribution < 1.29 is 4.79 Å². The molecule has 1 amide bonds. The van der Waals surface area contributed by atoms with Gasteiger partial charge in [-0.2, -0.15) is 0 Å². The molecule has 0 saturated carbocycles. The van der Waals surface area contributed by atoms with Crippen molar-refractivity contribution in [1.82, 2.24) is 15.2 Å². The molecule has 0 bridgehead atoms. The van der Waals surface area contributed by atoms with Crippen LogP contribution >= 0.6 is 24.8 Å². The maximum absolute atomic E-state index is 13.5. The van der Waals surface area contributed by atoms with E-state index in [1.54, 1.807) is 0 Å². The van der Waals surface area contributed by atoms with Crippen LogP contribution in [0.4, 0.5) is 0 Å². The molecular weight excluding hydrogens is 429 g/mol. The highest BCUT2D eigenvalue weighted by molar-refractivity contribution is 6.07. The molecule has 3 aromatic rings. The number of fused-ring (bicyclic) bond motifs is 1. The number of hydrogen-bond acceptors (Lipinski definition) is 3. The van der Waals surface area contributed by atoms with E-state index in [1.165, 1.54) is 12.0 Å². The lowest BCUT2D eigenvalue weighted by atomic mass is 9.77. The van der Waals surface area contributed by atoms with Crippen LogP contribution in [0, 0.1) is 12.3 Å². The molecule has 2 aliphatic heterocycles. The first-order chi connectivity index (χ1) is 14.1.